The molecule has 0 fully saturated rings. The maximum Gasteiger partial charge on any atom is 0.304 e. The van der Waals surface area contributed by atoms with Crippen LogP contribution < -0.4 is 0 Å². The fourth-order valence-corrected chi connectivity index (χ4v) is 1.96. The molecule has 1 rings (SSSR count). The minimum Gasteiger partial charge on any atom is -0.481 e. The summed E-state index contributed by atoms with van der Waals surface area (Å²) < 4.78 is 0. The number of rotatable bonds is 6. The molecule has 5 heteroatoms. The Hall–Kier alpha value is -0.940. The van der Waals surface area contributed by atoms with Gasteiger partial charge in [0.05, 0.1) is 17.1 Å². The zero-order valence-electron chi connectivity index (χ0n) is 9.06. The van der Waals surface area contributed by atoms with Gasteiger partial charge in [0, 0.05) is 18.5 Å². The van der Waals surface area contributed by atoms with Crippen LogP contribution in [-0.2, 0) is 17.8 Å². The van der Waals surface area contributed by atoms with Gasteiger partial charge in [-0.1, -0.05) is 6.92 Å². The molecule has 0 bridgehead atoms. The van der Waals surface area contributed by atoms with E-state index in [9.17, 15) is 4.79 Å². The van der Waals surface area contributed by atoms with Crippen molar-refractivity contribution in [2.45, 2.75) is 26.3 Å². The molecule has 0 unspecified atom stereocenters. The molecule has 0 amide bonds. The van der Waals surface area contributed by atoms with Crippen molar-refractivity contribution in [1.82, 2.24) is 9.88 Å². The standard InChI is InChI=1S/C10H16N2O2S/c1-3-9-11-8(7-15-9)6-12(2)5-4-10(13)14/h7H,3-6H2,1-2H3,(H,13,14). The summed E-state index contributed by atoms with van der Waals surface area (Å²) in [5.41, 5.74) is 1.03. The highest BCUT2D eigenvalue weighted by molar-refractivity contribution is 7.09. The molecule has 15 heavy (non-hydrogen) atoms. The summed E-state index contributed by atoms with van der Waals surface area (Å²) in [5.74, 6) is -0.755. The maximum absolute atomic E-state index is 10.4. The average molecular weight is 228 g/mol. The molecule has 4 nitrogen and oxygen atoms in total. The van der Waals surface area contributed by atoms with Crippen LogP contribution in [0.5, 0.6) is 0 Å². The lowest BCUT2D eigenvalue weighted by Gasteiger charge is -2.13. The molecule has 84 valence electrons. The molecule has 0 aliphatic rings. The van der Waals surface area contributed by atoms with Gasteiger partial charge < -0.3 is 5.11 Å². The van der Waals surface area contributed by atoms with E-state index in [4.69, 9.17) is 5.11 Å². The Bertz CT molecular complexity index is 325. The van der Waals surface area contributed by atoms with Crippen molar-refractivity contribution >= 4 is 17.3 Å². The number of carboxylic acids is 1. The number of hydrogen-bond donors (Lipinski definition) is 1. The zero-order chi connectivity index (χ0) is 11.3. The van der Waals surface area contributed by atoms with Crippen LogP contribution >= 0.6 is 11.3 Å². The summed E-state index contributed by atoms with van der Waals surface area (Å²) in [4.78, 5) is 16.8. The van der Waals surface area contributed by atoms with Crippen LogP contribution in [0.4, 0.5) is 0 Å². The first-order valence-corrected chi connectivity index (χ1v) is 5.83. The minimum absolute atomic E-state index is 0.182. The van der Waals surface area contributed by atoms with Gasteiger partial charge in [-0.25, -0.2) is 4.98 Å². The molecule has 0 radical (unpaired) electrons. The number of aryl methyl sites for hydroxylation is 1. The molecular weight excluding hydrogens is 212 g/mol. The van der Waals surface area contributed by atoms with E-state index in [0.29, 0.717) is 6.54 Å². The van der Waals surface area contributed by atoms with Crippen molar-refractivity contribution in [3.63, 3.8) is 0 Å². The van der Waals surface area contributed by atoms with Gasteiger partial charge in [0.25, 0.3) is 0 Å². The summed E-state index contributed by atoms with van der Waals surface area (Å²) in [6.07, 6.45) is 1.14. The second-order valence-electron chi connectivity index (χ2n) is 3.47. The van der Waals surface area contributed by atoms with E-state index < -0.39 is 5.97 Å². The molecule has 0 aliphatic heterocycles. The number of thiazole rings is 1. The monoisotopic (exact) mass is 228 g/mol. The van der Waals surface area contributed by atoms with Crippen molar-refractivity contribution in [2.75, 3.05) is 13.6 Å². The van der Waals surface area contributed by atoms with Crippen molar-refractivity contribution < 1.29 is 9.90 Å². The number of aliphatic carboxylic acids is 1. The van der Waals surface area contributed by atoms with Crippen molar-refractivity contribution in [1.29, 1.82) is 0 Å². The van der Waals surface area contributed by atoms with E-state index in [2.05, 4.69) is 11.9 Å². The molecule has 1 aromatic heterocycles. The van der Waals surface area contributed by atoms with Gasteiger partial charge in [-0.2, -0.15) is 0 Å². The number of aromatic nitrogens is 1. The Kier molecular flexibility index (Phi) is 4.71. The summed E-state index contributed by atoms with van der Waals surface area (Å²) in [7, 11) is 1.91. The molecule has 0 spiro atoms. The molecule has 0 aromatic carbocycles. The van der Waals surface area contributed by atoms with Gasteiger partial charge in [0.1, 0.15) is 0 Å². The zero-order valence-corrected chi connectivity index (χ0v) is 9.88. The van der Waals surface area contributed by atoms with E-state index in [1.807, 2.05) is 17.3 Å². The normalized spacial score (nSPS) is 10.9. The second-order valence-corrected chi connectivity index (χ2v) is 4.41. The second kappa shape index (κ2) is 5.82. The van der Waals surface area contributed by atoms with Crippen LogP contribution in [0, 0.1) is 0 Å². The lowest BCUT2D eigenvalue weighted by molar-refractivity contribution is -0.137. The Morgan fingerprint density at radius 3 is 2.93 bits per heavy atom. The van der Waals surface area contributed by atoms with Crippen LogP contribution in [0.1, 0.15) is 24.0 Å². The van der Waals surface area contributed by atoms with E-state index in [-0.39, 0.29) is 6.42 Å². The van der Waals surface area contributed by atoms with E-state index >= 15 is 0 Å². The Morgan fingerprint density at radius 1 is 1.67 bits per heavy atom. The van der Waals surface area contributed by atoms with Crippen LogP contribution in [0.15, 0.2) is 5.38 Å². The van der Waals surface area contributed by atoms with E-state index in [0.717, 1.165) is 23.7 Å². The molecule has 0 aliphatic carbocycles. The van der Waals surface area contributed by atoms with Gasteiger partial charge in [0.15, 0.2) is 0 Å². The smallest absolute Gasteiger partial charge is 0.304 e. The molecule has 0 atom stereocenters. The third-order valence-electron chi connectivity index (χ3n) is 2.04. The van der Waals surface area contributed by atoms with E-state index in [1.165, 1.54) is 0 Å². The van der Waals surface area contributed by atoms with Gasteiger partial charge in [-0.15, -0.1) is 11.3 Å². The Balaban J connectivity index is 2.36. The topological polar surface area (TPSA) is 53.4 Å². The van der Waals surface area contributed by atoms with Crippen LogP contribution in [0.25, 0.3) is 0 Å². The lowest BCUT2D eigenvalue weighted by atomic mass is 10.3. The van der Waals surface area contributed by atoms with Crippen molar-refractivity contribution in [3.8, 4) is 0 Å². The number of hydrogen-bond acceptors (Lipinski definition) is 4. The van der Waals surface area contributed by atoms with Crippen LogP contribution in [-0.4, -0.2) is 34.6 Å². The predicted octanol–water partition coefficient (Wildman–Crippen LogP) is 1.61. The number of carbonyl (C=O) groups is 1. The van der Waals surface area contributed by atoms with Gasteiger partial charge >= 0.3 is 5.97 Å². The number of carboxylic acid groups (broad SMARTS) is 1. The fourth-order valence-electron chi connectivity index (χ4n) is 1.23. The van der Waals surface area contributed by atoms with Gasteiger partial charge in [-0.3, -0.25) is 9.69 Å². The van der Waals surface area contributed by atoms with Crippen LogP contribution in [0.2, 0.25) is 0 Å². The van der Waals surface area contributed by atoms with Crippen LogP contribution in [0.3, 0.4) is 0 Å². The minimum atomic E-state index is -0.755. The fraction of sp³-hybridized carbons (Fsp3) is 0.600. The molecule has 1 aromatic rings. The summed E-state index contributed by atoms with van der Waals surface area (Å²) in [5, 5.41) is 11.7. The largest absolute Gasteiger partial charge is 0.481 e. The van der Waals surface area contributed by atoms with E-state index in [1.54, 1.807) is 11.3 Å². The first-order chi connectivity index (χ1) is 7.11. The van der Waals surface area contributed by atoms with Crippen molar-refractivity contribution in [2.24, 2.45) is 0 Å². The molecule has 1 N–H and O–H groups in total. The van der Waals surface area contributed by atoms with Crippen molar-refractivity contribution in [3.05, 3.63) is 16.1 Å². The molecule has 0 saturated heterocycles. The third kappa shape index (κ3) is 4.40. The highest BCUT2D eigenvalue weighted by Crippen LogP contribution is 2.11. The maximum atomic E-state index is 10.4. The SMILES string of the molecule is CCc1nc(CN(C)CCC(=O)O)cs1. The first kappa shape index (κ1) is 12.1. The Morgan fingerprint density at radius 2 is 2.40 bits per heavy atom. The highest BCUT2D eigenvalue weighted by Gasteiger charge is 2.06. The average Bonchev–Trinajstić information content (AvgIpc) is 2.62. The first-order valence-electron chi connectivity index (χ1n) is 4.95. The quantitative estimate of drug-likeness (QED) is 0.803. The summed E-state index contributed by atoms with van der Waals surface area (Å²) >= 11 is 1.66. The number of nitrogens with zero attached hydrogens (tertiary/aromatic N) is 2. The molecular formula is C10H16N2O2S. The Labute approximate surface area is 93.6 Å². The summed E-state index contributed by atoms with van der Waals surface area (Å²) in [6, 6.07) is 0. The third-order valence-corrected chi connectivity index (χ3v) is 3.08. The van der Waals surface area contributed by atoms with Gasteiger partial charge in [-0.05, 0) is 13.5 Å². The summed E-state index contributed by atoms with van der Waals surface area (Å²) in [6.45, 7) is 3.37. The lowest BCUT2D eigenvalue weighted by Crippen LogP contribution is -2.21. The molecule has 1 heterocycles. The molecule has 0 saturated carbocycles. The van der Waals surface area contributed by atoms with Gasteiger partial charge in [0.2, 0.25) is 0 Å². The highest BCUT2D eigenvalue weighted by atomic mass is 32.1. The predicted molar refractivity (Wildman–Crippen MR) is 60.1 cm³/mol.